The molecule has 0 unspecified atom stereocenters. The van der Waals surface area contributed by atoms with E-state index in [0.717, 1.165) is 0 Å². The van der Waals surface area contributed by atoms with Crippen LogP contribution in [0.1, 0.15) is 0 Å². The van der Waals surface area contributed by atoms with E-state index in [9.17, 15) is 77.8 Å². The molecule has 0 aliphatic heterocycles. The molecule has 0 N–H and O–H groups in total. The molecule has 0 fully saturated rings. The first-order chi connectivity index (χ1) is 11.1. The zero-order valence-electron chi connectivity index (χ0n) is 12.2. The maximum atomic E-state index is 9.29. The molecule has 0 aromatic carbocycles. The van der Waals surface area contributed by atoms with Gasteiger partial charge in [-0.25, -0.2) is 50.5 Å². The van der Waals surface area contributed by atoms with E-state index in [4.69, 9.17) is 0 Å². The fraction of sp³-hybridized carbons (Fsp3) is 0. The van der Waals surface area contributed by atoms with Gasteiger partial charge in [0.1, 0.15) is 0 Å². The largest absolute Gasteiger partial charge is 3.00 e. The summed E-state index contributed by atoms with van der Waals surface area (Å²) in [4.78, 5) is 0. The van der Waals surface area contributed by atoms with Gasteiger partial charge in [0.2, 0.25) is 62.4 Å². The minimum Gasteiger partial charge on any atom is -0.725 e. The van der Waals surface area contributed by atoms with Crippen LogP contribution in [0.5, 0.6) is 0 Å². The Morgan fingerprint density at radius 3 is 0.379 bits per heavy atom. The summed E-state index contributed by atoms with van der Waals surface area (Å²) in [5, 5.41) is 0. The summed E-state index contributed by atoms with van der Waals surface area (Å²) in [5.41, 5.74) is 0. The van der Waals surface area contributed by atoms with Gasteiger partial charge in [0.25, 0.3) is 0 Å². The molecule has 29 heteroatoms. The average Bonchev–Trinajstić information content (AvgIpc) is 1.96. The second-order valence-corrected chi connectivity index (χ2v) is 9.19. The van der Waals surface area contributed by atoms with Gasteiger partial charge in [-0.15, -0.1) is 0 Å². The molecule has 0 heterocycles. The smallest absolute Gasteiger partial charge is 0.725 e. The Morgan fingerprint density at radius 1 is 0.310 bits per heavy atom. The SMILES string of the molecule is O=S(=O)([O-])OS(=O)(=O)[O-].O=S(=O)([O-])OS(=O)(=O)[O-].O=S(=O)([O-])OS(=O)(=O)[O-].[Sc+3].[Sc+3]. The molecule has 0 amide bonds. The Kier molecular flexibility index (Phi) is 19.9. The maximum absolute atomic E-state index is 9.29. The maximum Gasteiger partial charge on any atom is 3.00 e. The normalized spacial score (nSPS) is 12.6. The van der Waals surface area contributed by atoms with Crippen molar-refractivity contribution in [2.45, 2.75) is 0 Å². The van der Waals surface area contributed by atoms with E-state index in [1.807, 2.05) is 0 Å². The Balaban J connectivity index is -0.0000000960. The molecule has 21 nitrogen and oxygen atoms in total. The molecule has 0 bridgehead atoms. The second-order valence-electron chi connectivity index (χ2n) is 2.65. The summed E-state index contributed by atoms with van der Waals surface area (Å²) in [5.74, 6) is 0. The Labute approximate surface area is 201 Å². The molecular formula is O21S6Sc2. The minimum atomic E-state index is -5.43. The molecule has 168 valence electrons. The van der Waals surface area contributed by atoms with Gasteiger partial charge >= 0.3 is 51.7 Å². The zero-order chi connectivity index (χ0) is 23.1. The third kappa shape index (κ3) is 58.6. The first-order valence-corrected chi connectivity index (χ1v) is 12.0. The van der Waals surface area contributed by atoms with Crippen molar-refractivity contribution in [2.75, 3.05) is 0 Å². The minimum absolute atomic E-state index is 0. The quantitative estimate of drug-likeness (QED) is 0.197. The van der Waals surface area contributed by atoms with Crippen molar-refractivity contribution in [2.24, 2.45) is 0 Å². The fourth-order valence-electron chi connectivity index (χ4n) is 0.306. The molecule has 0 atom stereocenters. The first-order valence-electron chi connectivity index (χ1n) is 4.00. The van der Waals surface area contributed by atoms with E-state index in [-0.39, 0.29) is 51.7 Å². The predicted octanol–water partition coefficient (Wildman–Crippen LogP) is -6.23. The van der Waals surface area contributed by atoms with Crippen molar-refractivity contribution in [1.29, 1.82) is 0 Å². The van der Waals surface area contributed by atoms with Crippen LogP contribution in [-0.2, 0) is 125 Å². The average molecular weight is 618 g/mol. The standard InChI is InChI=1S/3H2O7S2.2Sc/c3*1-8(2,3)7-9(4,5)6;;/h3*(H,1,2,3)(H,4,5,6);;/q;;;2*+3/p-6. The van der Waals surface area contributed by atoms with E-state index in [1.165, 1.54) is 0 Å². The van der Waals surface area contributed by atoms with Crippen LogP contribution in [-0.4, -0.2) is 77.8 Å². The number of hydrogen-bond acceptors (Lipinski definition) is 21. The Bertz CT molecular complexity index is 854. The van der Waals surface area contributed by atoms with Gasteiger partial charge in [0.15, 0.2) is 0 Å². The summed E-state index contributed by atoms with van der Waals surface area (Å²) < 4.78 is 175. The van der Waals surface area contributed by atoms with Crippen LogP contribution in [0.3, 0.4) is 0 Å². The molecule has 0 aliphatic carbocycles. The van der Waals surface area contributed by atoms with Gasteiger partial charge in [-0.2, -0.15) is 10.9 Å². The van der Waals surface area contributed by atoms with Crippen LogP contribution in [0.2, 0.25) is 0 Å². The summed E-state index contributed by atoms with van der Waals surface area (Å²) >= 11 is 0. The van der Waals surface area contributed by atoms with Crippen LogP contribution < -0.4 is 0 Å². The fourth-order valence-corrected chi connectivity index (χ4v) is 2.76. The van der Waals surface area contributed by atoms with Crippen molar-refractivity contribution in [3.05, 3.63) is 0 Å². The molecule has 0 spiro atoms. The Morgan fingerprint density at radius 2 is 0.379 bits per heavy atom. The molecule has 0 radical (unpaired) electrons. The van der Waals surface area contributed by atoms with Crippen LogP contribution in [0.25, 0.3) is 0 Å². The number of rotatable bonds is 6. The van der Waals surface area contributed by atoms with E-state index >= 15 is 0 Å². The van der Waals surface area contributed by atoms with Gasteiger partial charge in [-0.3, -0.25) is 0 Å². The van der Waals surface area contributed by atoms with Crippen molar-refractivity contribution in [3.8, 4) is 0 Å². The monoisotopic (exact) mass is 618 g/mol. The summed E-state index contributed by atoms with van der Waals surface area (Å²) in [6, 6.07) is 0. The zero-order valence-corrected chi connectivity index (χ0v) is 20.7. The first kappa shape index (κ1) is 40.4. The second kappa shape index (κ2) is 14.3. The van der Waals surface area contributed by atoms with Gasteiger partial charge in [0.05, 0.1) is 0 Å². The van der Waals surface area contributed by atoms with Crippen molar-refractivity contribution in [1.82, 2.24) is 0 Å². The van der Waals surface area contributed by atoms with E-state index < -0.39 is 62.4 Å². The molecule has 29 heavy (non-hydrogen) atoms. The molecule has 0 aliphatic rings. The van der Waals surface area contributed by atoms with Gasteiger partial charge in [-0.1, -0.05) is 0 Å². The molecular weight excluding hydrogens is 618 g/mol. The van der Waals surface area contributed by atoms with E-state index in [0.29, 0.717) is 0 Å². The summed E-state index contributed by atoms with van der Waals surface area (Å²) in [7, 11) is -32.6. The van der Waals surface area contributed by atoms with Gasteiger partial charge in [0, 0.05) is 0 Å². The molecule has 0 saturated carbocycles. The van der Waals surface area contributed by atoms with Crippen molar-refractivity contribution >= 4 is 62.4 Å². The van der Waals surface area contributed by atoms with Crippen molar-refractivity contribution in [3.63, 3.8) is 0 Å². The predicted molar refractivity (Wildman–Crippen MR) is 61.4 cm³/mol. The molecule has 0 aromatic heterocycles. The van der Waals surface area contributed by atoms with Gasteiger partial charge < -0.3 is 27.3 Å². The van der Waals surface area contributed by atoms with Crippen LogP contribution in [0.15, 0.2) is 0 Å². The molecule has 0 aromatic rings. The van der Waals surface area contributed by atoms with Crippen LogP contribution in [0, 0.1) is 0 Å². The van der Waals surface area contributed by atoms with Crippen LogP contribution >= 0.6 is 0 Å². The summed E-state index contributed by atoms with van der Waals surface area (Å²) in [6.45, 7) is 0. The number of hydrogen-bond donors (Lipinski definition) is 0. The summed E-state index contributed by atoms with van der Waals surface area (Å²) in [6.07, 6.45) is 0. The molecule has 0 saturated heterocycles. The molecule has 0 rings (SSSR count). The topological polar surface area (TPSA) is 371 Å². The van der Waals surface area contributed by atoms with Crippen molar-refractivity contribution < 1.29 is 140 Å². The van der Waals surface area contributed by atoms with Crippen LogP contribution in [0.4, 0.5) is 0 Å². The third-order valence-corrected chi connectivity index (χ3v) is 4.50. The van der Waals surface area contributed by atoms with E-state index in [1.54, 1.807) is 0 Å². The van der Waals surface area contributed by atoms with Gasteiger partial charge in [-0.05, 0) is 0 Å². The third-order valence-electron chi connectivity index (χ3n) is 0.500. The Hall–Kier alpha value is 1.08. The van der Waals surface area contributed by atoms with E-state index in [2.05, 4.69) is 10.9 Å².